The van der Waals surface area contributed by atoms with Gasteiger partial charge in [0.15, 0.2) is 11.5 Å². The number of carbonyl (C=O) groups excluding carboxylic acids is 1. The molecule has 8 nitrogen and oxygen atoms in total. The highest BCUT2D eigenvalue weighted by Gasteiger charge is 2.37. The summed E-state index contributed by atoms with van der Waals surface area (Å²) in [5.74, 6) is 0.155. The molecule has 1 fully saturated rings. The van der Waals surface area contributed by atoms with Crippen molar-refractivity contribution in [2.75, 3.05) is 46.2 Å². The summed E-state index contributed by atoms with van der Waals surface area (Å²) in [5, 5.41) is 10.6. The van der Waals surface area contributed by atoms with Gasteiger partial charge in [0, 0.05) is 44.2 Å². The van der Waals surface area contributed by atoms with Crippen LogP contribution in [0, 0.1) is 5.92 Å². The van der Waals surface area contributed by atoms with Crippen LogP contribution in [0.25, 0.3) is 0 Å². The van der Waals surface area contributed by atoms with E-state index in [4.69, 9.17) is 21.1 Å². The van der Waals surface area contributed by atoms with Gasteiger partial charge in [-0.15, -0.1) is 0 Å². The first-order valence-corrected chi connectivity index (χ1v) is 10.6. The molecule has 2 heterocycles. The average Bonchev–Trinajstić information content (AvgIpc) is 2.95. The number of β-amino-alcohol motifs (C(OH)–C–C–N with tert-alkyl or cyclic N) is 1. The Kier molecular flexibility index (Phi) is 5.85. The second-order valence-electron chi connectivity index (χ2n) is 6.95. The zero-order valence-electron chi connectivity index (χ0n) is 15.2. The molecule has 1 amide bonds. The van der Waals surface area contributed by atoms with Crippen LogP contribution in [0.5, 0.6) is 11.5 Å². The minimum absolute atomic E-state index is 0.0370. The number of halogens is 1. The maximum Gasteiger partial charge on any atom is 0.227 e. The molecule has 2 aliphatic heterocycles. The quantitative estimate of drug-likeness (QED) is 0.741. The number of hydrogen-bond acceptors (Lipinski definition) is 6. The van der Waals surface area contributed by atoms with Crippen LogP contribution >= 0.6 is 11.6 Å². The highest BCUT2D eigenvalue weighted by atomic mass is 35.5. The Labute approximate surface area is 163 Å². The number of fused-ring (bicyclic) bond motifs is 1. The number of likely N-dealkylation sites (tertiary alicyclic amines) is 1. The molecule has 3 rings (SSSR count). The van der Waals surface area contributed by atoms with Crippen LogP contribution in [-0.4, -0.2) is 80.9 Å². The molecule has 10 heteroatoms. The molecule has 2 aliphatic rings. The number of benzene rings is 1. The highest BCUT2D eigenvalue weighted by Crippen LogP contribution is 2.36. The number of aliphatic hydroxyl groups excluding tert-OH is 1. The van der Waals surface area contributed by atoms with E-state index in [1.54, 1.807) is 12.1 Å². The number of ether oxygens (including phenoxy) is 2. The van der Waals surface area contributed by atoms with Gasteiger partial charge in [0.2, 0.25) is 15.9 Å². The zero-order valence-corrected chi connectivity index (χ0v) is 16.8. The van der Waals surface area contributed by atoms with Crippen molar-refractivity contribution in [1.29, 1.82) is 0 Å². The van der Waals surface area contributed by atoms with Crippen molar-refractivity contribution in [2.24, 2.45) is 5.92 Å². The molecule has 0 aromatic heterocycles. The molecule has 0 bridgehead atoms. The molecule has 0 saturated carbocycles. The van der Waals surface area contributed by atoms with Gasteiger partial charge in [0.25, 0.3) is 0 Å². The lowest BCUT2D eigenvalue weighted by Gasteiger charge is -2.21. The fraction of sp³-hybridized carbons (Fsp3) is 0.588. The normalized spacial score (nSPS) is 22.3. The van der Waals surface area contributed by atoms with Crippen molar-refractivity contribution in [3.63, 3.8) is 0 Å². The van der Waals surface area contributed by atoms with Crippen molar-refractivity contribution in [2.45, 2.75) is 12.5 Å². The summed E-state index contributed by atoms with van der Waals surface area (Å²) in [6.45, 7) is 1.18. The second kappa shape index (κ2) is 7.83. The van der Waals surface area contributed by atoms with Crippen LogP contribution in [0.4, 0.5) is 0 Å². The lowest BCUT2D eigenvalue weighted by atomic mass is 10.1. The van der Waals surface area contributed by atoms with E-state index in [1.807, 2.05) is 0 Å². The second-order valence-corrected chi connectivity index (χ2v) is 9.59. The molecule has 150 valence electrons. The van der Waals surface area contributed by atoms with E-state index in [0.29, 0.717) is 35.3 Å². The van der Waals surface area contributed by atoms with E-state index in [2.05, 4.69) is 0 Å². The summed E-state index contributed by atoms with van der Waals surface area (Å²) < 4.78 is 36.2. The molecular weight excluding hydrogens is 396 g/mol. The molecule has 1 saturated heterocycles. The molecule has 2 atom stereocenters. The lowest BCUT2D eigenvalue weighted by Crippen LogP contribution is -2.34. The summed E-state index contributed by atoms with van der Waals surface area (Å²) in [7, 11) is -0.560. The lowest BCUT2D eigenvalue weighted by molar-refractivity contribution is -0.129. The molecule has 27 heavy (non-hydrogen) atoms. The van der Waals surface area contributed by atoms with Crippen LogP contribution in [-0.2, 0) is 21.2 Å². The molecule has 0 radical (unpaired) electrons. The predicted octanol–water partition coefficient (Wildman–Crippen LogP) is 0.364. The van der Waals surface area contributed by atoms with Gasteiger partial charge in [-0.2, -0.15) is 0 Å². The van der Waals surface area contributed by atoms with Crippen LogP contribution in [0.3, 0.4) is 0 Å². The monoisotopic (exact) mass is 418 g/mol. The van der Waals surface area contributed by atoms with Crippen molar-refractivity contribution in [3.8, 4) is 11.5 Å². The van der Waals surface area contributed by atoms with Crippen LogP contribution in [0.1, 0.15) is 5.56 Å². The van der Waals surface area contributed by atoms with Crippen molar-refractivity contribution < 1.29 is 27.8 Å². The number of aliphatic hydroxyl groups is 1. The van der Waals surface area contributed by atoms with Crippen molar-refractivity contribution in [1.82, 2.24) is 9.21 Å². The van der Waals surface area contributed by atoms with E-state index in [0.717, 1.165) is 4.31 Å². The van der Waals surface area contributed by atoms with E-state index >= 15 is 0 Å². The Balaban J connectivity index is 1.67. The molecule has 1 N–H and O–H groups in total. The fourth-order valence-electron chi connectivity index (χ4n) is 3.16. The summed E-state index contributed by atoms with van der Waals surface area (Å²) in [6, 6.07) is 3.32. The Hall–Kier alpha value is -1.55. The number of sulfonamides is 1. The van der Waals surface area contributed by atoms with Gasteiger partial charge in [-0.1, -0.05) is 11.6 Å². The number of nitrogens with zero attached hydrogens (tertiary/aromatic N) is 2. The summed E-state index contributed by atoms with van der Waals surface area (Å²) in [6.07, 6.45) is -0.838. The Morgan fingerprint density at radius 3 is 2.52 bits per heavy atom. The average molecular weight is 419 g/mol. The van der Waals surface area contributed by atoms with E-state index in [9.17, 15) is 18.3 Å². The minimum atomic E-state index is -3.46. The third kappa shape index (κ3) is 4.48. The fourth-order valence-corrected chi connectivity index (χ4v) is 4.54. The summed E-state index contributed by atoms with van der Waals surface area (Å²) in [4.78, 5) is 14.1. The van der Waals surface area contributed by atoms with E-state index < -0.39 is 22.0 Å². The predicted molar refractivity (Wildman–Crippen MR) is 99.7 cm³/mol. The summed E-state index contributed by atoms with van der Waals surface area (Å²) >= 11 is 6.25. The first-order valence-electron chi connectivity index (χ1n) is 8.61. The Morgan fingerprint density at radius 2 is 1.89 bits per heavy atom. The van der Waals surface area contributed by atoms with Crippen molar-refractivity contribution >= 4 is 27.5 Å². The third-order valence-corrected chi connectivity index (χ3v) is 7.11. The molecule has 0 spiro atoms. The van der Waals surface area contributed by atoms with Gasteiger partial charge in [-0.3, -0.25) is 4.79 Å². The first-order chi connectivity index (χ1) is 12.7. The molecular formula is C17H23ClN2O6S. The third-order valence-electron chi connectivity index (χ3n) is 4.79. The first kappa shape index (κ1) is 20.2. The number of hydrogen-bond donors (Lipinski definition) is 1. The van der Waals surface area contributed by atoms with Gasteiger partial charge in [-0.05, 0) is 11.6 Å². The smallest absolute Gasteiger partial charge is 0.227 e. The number of amides is 1. The van der Waals surface area contributed by atoms with Gasteiger partial charge in [0.1, 0.15) is 13.2 Å². The Bertz CT molecular complexity index is 829. The number of rotatable bonds is 5. The highest BCUT2D eigenvalue weighted by molar-refractivity contribution is 7.89. The number of carbonyl (C=O) groups is 1. The van der Waals surface area contributed by atoms with E-state index in [-0.39, 0.29) is 31.2 Å². The van der Waals surface area contributed by atoms with Crippen molar-refractivity contribution in [3.05, 3.63) is 22.7 Å². The standard InChI is InChI=1S/C17H23ClN2O6S/c1-19(2)27(23,24)10-12-8-20(9-14(12)21)17(22)6-11-5-15-16(7-13(11)18)26-4-3-25-15/h5,7,12,14,21H,3-4,6,8-10H2,1-2H3/t12-,14-/m0/s1. The minimum Gasteiger partial charge on any atom is -0.486 e. The van der Waals surface area contributed by atoms with Crippen LogP contribution in [0.2, 0.25) is 5.02 Å². The topological polar surface area (TPSA) is 96.4 Å². The van der Waals surface area contributed by atoms with Gasteiger partial charge in [0.05, 0.1) is 18.3 Å². The molecule has 0 unspecified atom stereocenters. The van der Waals surface area contributed by atoms with Gasteiger partial charge < -0.3 is 19.5 Å². The van der Waals surface area contributed by atoms with E-state index in [1.165, 1.54) is 19.0 Å². The maximum atomic E-state index is 12.6. The molecule has 1 aromatic rings. The largest absolute Gasteiger partial charge is 0.486 e. The zero-order chi connectivity index (χ0) is 19.8. The molecule has 0 aliphatic carbocycles. The van der Waals surface area contributed by atoms with Crippen LogP contribution < -0.4 is 9.47 Å². The summed E-state index contributed by atoms with van der Waals surface area (Å²) in [5.41, 5.74) is 0.602. The Morgan fingerprint density at radius 1 is 1.26 bits per heavy atom. The van der Waals surface area contributed by atoms with Crippen LogP contribution in [0.15, 0.2) is 12.1 Å². The van der Waals surface area contributed by atoms with Gasteiger partial charge >= 0.3 is 0 Å². The van der Waals surface area contributed by atoms with Gasteiger partial charge in [-0.25, -0.2) is 12.7 Å². The molecule has 1 aromatic carbocycles. The SMILES string of the molecule is CN(C)S(=O)(=O)C[C@@H]1CN(C(=O)Cc2cc3c(cc2Cl)OCCO3)C[C@@H]1O. The maximum absolute atomic E-state index is 12.6.